The number of benzene rings is 1. The van der Waals surface area contributed by atoms with Crippen molar-refractivity contribution in [3.63, 3.8) is 0 Å². The average molecular weight is 203 g/mol. The van der Waals surface area contributed by atoms with Crippen LogP contribution in [0.1, 0.15) is 36.5 Å². The van der Waals surface area contributed by atoms with Gasteiger partial charge in [-0.3, -0.25) is 4.79 Å². The van der Waals surface area contributed by atoms with Gasteiger partial charge >= 0.3 is 0 Å². The highest BCUT2D eigenvalue weighted by Gasteiger charge is 2.22. The molecule has 0 aliphatic heterocycles. The van der Waals surface area contributed by atoms with Gasteiger partial charge in [-0.15, -0.1) is 0 Å². The van der Waals surface area contributed by atoms with Gasteiger partial charge in [0.2, 0.25) is 0 Å². The Morgan fingerprint density at radius 3 is 2.60 bits per heavy atom. The summed E-state index contributed by atoms with van der Waals surface area (Å²) in [5.41, 5.74) is 0.761. The van der Waals surface area contributed by atoms with Gasteiger partial charge in [-0.2, -0.15) is 0 Å². The second-order valence-corrected chi connectivity index (χ2v) is 4.45. The Bertz CT molecular complexity index is 334. The molecule has 2 rings (SSSR count). The van der Waals surface area contributed by atoms with Crippen LogP contribution in [0.5, 0.6) is 0 Å². The number of amides is 1. The molecular formula is C13H17NO. The monoisotopic (exact) mass is 203 g/mol. The van der Waals surface area contributed by atoms with Crippen LogP contribution in [0.25, 0.3) is 0 Å². The molecule has 15 heavy (non-hydrogen) atoms. The maximum atomic E-state index is 11.8. The summed E-state index contributed by atoms with van der Waals surface area (Å²) < 4.78 is 0. The zero-order valence-corrected chi connectivity index (χ0v) is 9.07. The molecule has 2 nitrogen and oxygen atoms in total. The standard InChI is InChI=1S/C13H17NO/c1-10-7-8-12(9-10)14-13(15)11-5-3-2-4-6-11/h2-6,10,12H,7-9H2,1H3,(H,14,15). The van der Waals surface area contributed by atoms with Gasteiger partial charge in [0.15, 0.2) is 0 Å². The fourth-order valence-electron chi connectivity index (χ4n) is 2.20. The van der Waals surface area contributed by atoms with E-state index in [1.165, 1.54) is 6.42 Å². The van der Waals surface area contributed by atoms with E-state index in [2.05, 4.69) is 12.2 Å². The molecular weight excluding hydrogens is 186 g/mol. The molecule has 1 saturated carbocycles. The quantitative estimate of drug-likeness (QED) is 0.786. The summed E-state index contributed by atoms with van der Waals surface area (Å²) in [5.74, 6) is 0.820. The SMILES string of the molecule is CC1CCC(NC(=O)c2ccccc2)C1. The van der Waals surface area contributed by atoms with E-state index in [4.69, 9.17) is 0 Å². The average Bonchev–Trinajstić information content (AvgIpc) is 2.65. The molecule has 1 fully saturated rings. The molecule has 0 heterocycles. The summed E-state index contributed by atoms with van der Waals surface area (Å²) in [6.07, 6.45) is 3.48. The molecule has 1 aliphatic carbocycles. The third kappa shape index (κ3) is 2.58. The van der Waals surface area contributed by atoms with Gasteiger partial charge in [0, 0.05) is 11.6 Å². The van der Waals surface area contributed by atoms with Crippen LogP contribution in [0.3, 0.4) is 0 Å². The van der Waals surface area contributed by atoms with Crippen molar-refractivity contribution in [2.24, 2.45) is 5.92 Å². The van der Waals surface area contributed by atoms with Crippen LogP contribution in [-0.2, 0) is 0 Å². The Morgan fingerprint density at radius 1 is 1.27 bits per heavy atom. The van der Waals surface area contributed by atoms with Crippen molar-refractivity contribution >= 4 is 5.91 Å². The minimum Gasteiger partial charge on any atom is -0.349 e. The van der Waals surface area contributed by atoms with Crippen LogP contribution in [0, 0.1) is 5.92 Å². The first kappa shape index (κ1) is 10.2. The molecule has 1 N–H and O–H groups in total. The zero-order chi connectivity index (χ0) is 10.7. The lowest BCUT2D eigenvalue weighted by Gasteiger charge is -2.12. The zero-order valence-electron chi connectivity index (χ0n) is 9.07. The predicted octanol–water partition coefficient (Wildman–Crippen LogP) is 2.61. The maximum Gasteiger partial charge on any atom is 0.251 e. The fourth-order valence-corrected chi connectivity index (χ4v) is 2.20. The smallest absolute Gasteiger partial charge is 0.251 e. The summed E-state index contributed by atoms with van der Waals surface area (Å²) >= 11 is 0. The van der Waals surface area contributed by atoms with Crippen molar-refractivity contribution in [1.82, 2.24) is 5.32 Å². The van der Waals surface area contributed by atoms with Crippen molar-refractivity contribution in [1.29, 1.82) is 0 Å². The first-order chi connectivity index (χ1) is 7.25. The summed E-state index contributed by atoms with van der Waals surface area (Å²) in [7, 11) is 0. The van der Waals surface area contributed by atoms with E-state index < -0.39 is 0 Å². The highest BCUT2D eigenvalue weighted by molar-refractivity contribution is 5.94. The van der Waals surface area contributed by atoms with Gasteiger partial charge < -0.3 is 5.32 Å². The first-order valence-corrected chi connectivity index (χ1v) is 5.61. The van der Waals surface area contributed by atoms with E-state index in [9.17, 15) is 4.79 Å². The molecule has 1 aromatic carbocycles. The Balaban J connectivity index is 1.93. The van der Waals surface area contributed by atoms with Crippen LogP contribution >= 0.6 is 0 Å². The minimum absolute atomic E-state index is 0.0645. The van der Waals surface area contributed by atoms with Crippen LogP contribution in [0.2, 0.25) is 0 Å². The molecule has 0 aromatic heterocycles. The van der Waals surface area contributed by atoms with Gasteiger partial charge in [-0.25, -0.2) is 0 Å². The van der Waals surface area contributed by atoms with Gasteiger partial charge in [0.1, 0.15) is 0 Å². The summed E-state index contributed by atoms with van der Waals surface area (Å²) in [6.45, 7) is 2.24. The molecule has 2 atom stereocenters. The molecule has 1 amide bonds. The summed E-state index contributed by atoms with van der Waals surface area (Å²) in [4.78, 5) is 11.8. The molecule has 1 aliphatic rings. The minimum atomic E-state index is 0.0645. The van der Waals surface area contributed by atoms with Crippen molar-refractivity contribution in [2.45, 2.75) is 32.2 Å². The van der Waals surface area contributed by atoms with Crippen LogP contribution in [-0.4, -0.2) is 11.9 Å². The summed E-state index contributed by atoms with van der Waals surface area (Å²) in [5, 5.41) is 3.09. The highest BCUT2D eigenvalue weighted by atomic mass is 16.1. The topological polar surface area (TPSA) is 29.1 Å². The van der Waals surface area contributed by atoms with E-state index in [0.29, 0.717) is 6.04 Å². The van der Waals surface area contributed by atoms with Gasteiger partial charge in [-0.1, -0.05) is 25.1 Å². The second kappa shape index (κ2) is 4.47. The third-order valence-corrected chi connectivity index (χ3v) is 3.07. The molecule has 0 bridgehead atoms. The van der Waals surface area contributed by atoms with Crippen molar-refractivity contribution in [2.75, 3.05) is 0 Å². The van der Waals surface area contributed by atoms with Crippen LogP contribution < -0.4 is 5.32 Å². The molecule has 0 radical (unpaired) electrons. The van der Waals surface area contributed by atoms with Crippen molar-refractivity contribution in [3.8, 4) is 0 Å². The third-order valence-electron chi connectivity index (χ3n) is 3.07. The lowest BCUT2D eigenvalue weighted by Crippen LogP contribution is -2.32. The first-order valence-electron chi connectivity index (χ1n) is 5.61. The second-order valence-electron chi connectivity index (χ2n) is 4.45. The maximum absolute atomic E-state index is 11.8. The Hall–Kier alpha value is -1.31. The Kier molecular flexibility index (Phi) is 3.05. The summed E-state index contributed by atoms with van der Waals surface area (Å²) in [6, 6.07) is 9.81. The van der Waals surface area contributed by atoms with Crippen LogP contribution in [0.15, 0.2) is 30.3 Å². The number of rotatable bonds is 2. The fraction of sp³-hybridized carbons (Fsp3) is 0.462. The predicted molar refractivity (Wildman–Crippen MR) is 60.7 cm³/mol. The largest absolute Gasteiger partial charge is 0.349 e. The van der Waals surface area contributed by atoms with E-state index in [1.807, 2.05) is 30.3 Å². The lowest BCUT2D eigenvalue weighted by molar-refractivity contribution is 0.0937. The Morgan fingerprint density at radius 2 is 2.00 bits per heavy atom. The molecule has 0 saturated heterocycles. The van der Waals surface area contributed by atoms with Gasteiger partial charge in [-0.05, 0) is 37.3 Å². The van der Waals surface area contributed by atoms with Crippen molar-refractivity contribution in [3.05, 3.63) is 35.9 Å². The molecule has 2 heteroatoms. The lowest BCUT2D eigenvalue weighted by atomic mass is 10.1. The van der Waals surface area contributed by atoms with E-state index >= 15 is 0 Å². The highest BCUT2D eigenvalue weighted by Crippen LogP contribution is 2.24. The molecule has 2 unspecified atom stereocenters. The van der Waals surface area contributed by atoms with Crippen molar-refractivity contribution < 1.29 is 4.79 Å². The normalized spacial score (nSPS) is 25.1. The van der Waals surface area contributed by atoms with Crippen LogP contribution in [0.4, 0.5) is 0 Å². The molecule has 0 spiro atoms. The number of hydrogen-bond donors (Lipinski definition) is 1. The van der Waals surface area contributed by atoms with Gasteiger partial charge in [0.05, 0.1) is 0 Å². The molecule has 80 valence electrons. The number of nitrogens with one attached hydrogen (secondary N) is 1. The Labute approximate surface area is 90.7 Å². The molecule has 1 aromatic rings. The van der Waals surface area contributed by atoms with E-state index in [1.54, 1.807) is 0 Å². The van der Waals surface area contributed by atoms with E-state index in [0.717, 1.165) is 24.3 Å². The number of carbonyl (C=O) groups is 1. The van der Waals surface area contributed by atoms with Gasteiger partial charge in [0.25, 0.3) is 5.91 Å². The van der Waals surface area contributed by atoms with E-state index in [-0.39, 0.29) is 5.91 Å². The number of hydrogen-bond acceptors (Lipinski definition) is 1. The number of carbonyl (C=O) groups excluding carboxylic acids is 1.